The monoisotopic (exact) mass is 351 g/mol. The van der Waals surface area contributed by atoms with Gasteiger partial charge >= 0.3 is 5.97 Å². The van der Waals surface area contributed by atoms with Crippen LogP contribution in [-0.2, 0) is 11.2 Å². The molecule has 0 aliphatic rings. The molecule has 0 heterocycles. The zero-order valence-electron chi connectivity index (χ0n) is 14.9. The summed E-state index contributed by atoms with van der Waals surface area (Å²) in [5.41, 5.74) is 2.91. The first kappa shape index (κ1) is 19.1. The molecule has 0 amide bonds. The number of carboxylic acids is 1. The first-order valence-corrected chi connectivity index (χ1v) is 8.40. The molecule has 5 heteroatoms. The van der Waals surface area contributed by atoms with E-state index in [2.05, 4.69) is 6.07 Å². The quantitative estimate of drug-likeness (QED) is 0.725. The van der Waals surface area contributed by atoms with Crippen LogP contribution in [0.5, 0.6) is 11.5 Å². The van der Waals surface area contributed by atoms with Gasteiger partial charge in [-0.2, -0.15) is 5.26 Å². The van der Waals surface area contributed by atoms with Crippen molar-refractivity contribution in [2.75, 3.05) is 13.2 Å². The van der Waals surface area contributed by atoms with Crippen LogP contribution in [0.25, 0.3) is 5.57 Å². The van der Waals surface area contributed by atoms with Crippen LogP contribution in [-0.4, -0.2) is 24.3 Å². The second-order valence-electron chi connectivity index (χ2n) is 5.46. The van der Waals surface area contributed by atoms with Crippen molar-refractivity contribution in [3.05, 3.63) is 65.2 Å². The lowest BCUT2D eigenvalue weighted by Gasteiger charge is -2.14. The molecule has 0 saturated carbocycles. The average molecular weight is 351 g/mol. The third-order valence-electron chi connectivity index (χ3n) is 3.67. The molecule has 0 bridgehead atoms. The van der Waals surface area contributed by atoms with Crippen molar-refractivity contribution in [2.24, 2.45) is 0 Å². The molecule has 0 aliphatic carbocycles. The highest BCUT2D eigenvalue weighted by Gasteiger charge is 2.12. The van der Waals surface area contributed by atoms with Crippen LogP contribution < -0.4 is 9.47 Å². The Hall–Kier alpha value is -3.26. The third-order valence-corrected chi connectivity index (χ3v) is 3.67. The van der Waals surface area contributed by atoms with Crippen LogP contribution in [0.1, 0.15) is 30.5 Å². The van der Waals surface area contributed by atoms with E-state index in [0.717, 1.165) is 11.1 Å². The summed E-state index contributed by atoms with van der Waals surface area (Å²) in [6.45, 7) is 4.76. The molecule has 0 unspecified atom stereocenters. The molecule has 0 radical (unpaired) electrons. The Kier molecular flexibility index (Phi) is 6.81. The number of hydrogen-bond acceptors (Lipinski definition) is 4. The standard InChI is InChI=1S/C21H21NO4/c1-3-25-19-10-9-17(13-20(19)26-4-2)18(14-21(23)24)16-7-5-15(6-8-16)11-12-22/h5-10,13-14H,3-4,11H2,1-2H3,(H,23,24). The second kappa shape index (κ2) is 9.28. The molecule has 1 N–H and O–H groups in total. The Bertz CT molecular complexity index is 832. The van der Waals surface area contributed by atoms with E-state index in [1.807, 2.05) is 44.2 Å². The molecule has 0 aliphatic heterocycles. The van der Waals surface area contributed by atoms with Gasteiger partial charge < -0.3 is 14.6 Å². The minimum absolute atomic E-state index is 0.315. The van der Waals surface area contributed by atoms with Crippen molar-refractivity contribution in [2.45, 2.75) is 20.3 Å². The van der Waals surface area contributed by atoms with Gasteiger partial charge in [0.15, 0.2) is 11.5 Å². The Morgan fingerprint density at radius 1 is 1.04 bits per heavy atom. The van der Waals surface area contributed by atoms with E-state index < -0.39 is 5.97 Å². The van der Waals surface area contributed by atoms with E-state index in [0.29, 0.717) is 42.3 Å². The molecule has 0 atom stereocenters. The lowest BCUT2D eigenvalue weighted by atomic mass is 9.96. The lowest BCUT2D eigenvalue weighted by molar-refractivity contribution is -0.131. The van der Waals surface area contributed by atoms with Crippen LogP contribution in [0, 0.1) is 11.3 Å². The summed E-state index contributed by atoms with van der Waals surface area (Å²) in [4.78, 5) is 11.3. The van der Waals surface area contributed by atoms with Crippen molar-refractivity contribution >= 4 is 11.5 Å². The number of nitrogens with zero attached hydrogens (tertiary/aromatic N) is 1. The SMILES string of the molecule is CCOc1ccc(C(=CC(=O)O)c2ccc(CC#N)cc2)cc1OCC. The first-order valence-electron chi connectivity index (χ1n) is 8.40. The number of benzene rings is 2. The molecule has 5 nitrogen and oxygen atoms in total. The molecule has 0 fully saturated rings. The lowest BCUT2D eigenvalue weighted by Crippen LogP contribution is -2.00. The van der Waals surface area contributed by atoms with Gasteiger partial charge in [-0.3, -0.25) is 0 Å². The Labute approximate surface area is 153 Å². The third kappa shape index (κ3) is 4.87. The zero-order chi connectivity index (χ0) is 18.9. The number of carbonyl (C=O) groups is 1. The number of aliphatic carboxylic acids is 1. The van der Waals surface area contributed by atoms with Gasteiger partial charge in [0.25, 0.3) is 0 Å². The Balaban J connectivity index is 2.49. The summed E-state index contributed by atoms with van der Waals surface area (Å²) in [5.74, 6) is 0.161. The van der Waals surface area contributed by atoms with E-state index >= 15 is 0 Å². The van der Waals surface area contributed by atoms with Gasteiger partial charge in [-0.25, -0.2) is 4.79 Å². The summed E-state index contributed by atoms with van der Waals surface area (Å²) < 4.78 is 11.2. The first-order chi connectivity index (χ1) is 12.6. The normalized spacial score (nSPS) is 10.9. The fourth-order valence-electron chi connectivity index (χ4n) is 2.57. The molecule has 0 saturated heterocycles. The van der Waals surface area contributed by atoms with Crippen molar-refractivity contribution in [3.63, 3.8) is 0 Å². The summed E-state index contributed by atoms with van der Waals surface area (Å²) >= 11 is 0. The van der Waals surface area contributed by atoms with E-state index in [9.17, 15) is 9.90 Å². The summed E-state index contributed by atoms with van der Waals surface area (Å²) in [7, 11) is 0. The van der Waals surface area contributed by atoms with Gasteiger partial charge in [0, 0.05) is 6.08 Å². The summed E-state index contributed by atoms with van der Waals surface area (Å²) in [5, 5.41) is 18.1. The zero-order valence-corrected chi connectivity index (χ0v) is 14.9. The highest BCUT2D eigenvalue weighted by Crippen LogP contribution is 2.33. The van der Waals surface area contributed by atoms with Crippen molar-refractivity contribution in [1.82, 2.24) is 0 Å². The van der Waals surface area contributed by atoms with E-state index in [4.69, 9.17) is 14.7 Å². The number of nitriles is 1. The van der Waals surface area contributed by atoms with Gasteiger partial charge in [0.05, 0.1) is 25.7 Å². The Morgan fingerprint density at radius 3 is 2.23 bits per heavy atom. The summed E-state index contributed by atoms with van der Waals surface area (Å²) in [6, 6.07) is 14.8. The van der Waals surface area contributed by atoms with Crippen LogP contribution in [0.2, 0.25) is 0 Å². The van der Waals surface area contributed by atoms with Gasteiger partial charge in [0.1, 0.15) is 0 Å². The number of rotatable bonds is 8. The maximum atomic E-state index is 11.3. The summed E-state index contributed by atoms with van der Waals surface area (Å²) in [6.07, 6.45) is 1.49. The maximum Gasteiger partial charge on any atom is 0.328 e. The predicted octanol–water partition coefficient (Wildman–Crippen LogP) is 4.07. The largest absolute Gasteiger partial charge is 0.490 e. The maximum absolute atomic E-state index is 11.3. The topological polar surface area (TPSA) is 79.5 Å². The molecular weight excluding hydrogens is 330 g/mol. The van der Waals surface area contributed by atoms with Gasteiger partial charge in [-0.1, -0.05) is 30.3 Å². The molecule has 0 aromatic heterocycles. The van der Waals surface area contributed by atoms with Crippen LogP contribution in [0.4, 0.5) is 0 Å². The highest BCUT2D eigenvalue weighted by molar-refractivity contribution is 5.95. The van der Waals surface area contributed by atoms with E-state index in [-0.39, 0.29) is 0 Å². The minimum atomic E-state index is -1.03. The molecule has 134 valence electrons. The van der Waals surface area contributed by atoms with Crippen molar-refractivity contribution < 1.29 is 19.4 Å². The minimum Gasteiger partial charge on any atom is -0.490 e. The molecule has 2 aromatic rings. The van der Waals surface area contributed by atoms with Crippen LogP contribution in [0.3, 0.4) is 0 Å². The number of hydrogen-bond donors (Lipinski definition) is 1. The number of ether oxygens (including phenoxy) is 2. The Morgan fingerprint density at radius 2 is 1.65 bits per heavy atom. The fraction of sp³-hybridized carbons (Fsp3) is 0.238. The van der Waals surface area contributed by atoms with Crippen LogP contribution >= 0.6 is 0 Å². The van der Waals surface area contributed by atoms with E-state index in [1.165, 1.54) is 6.08 Å². The molecular formula is C21H21NO4. The average Bonchev–Trinajstić information content (AvgIpc) is 2.62. The molecule has 2 rings (SSSR count). The molecule has 0 spiro atoms. The molecule has 2 aromatic carbocycles. The van der Waals surface area contributed by atoms with E-state index in [1.54, 1.807) is 12.1 Å². The van der Waals surface area contributed by atoms with Crippen molar-refractivity contribution in [3.8, 4) is 17.6 Å². The number of carboxylic acid groups (broad SMARTS) is 1. The smallest absolute Gasteiger partial charge is 0.328 e. The predicted molar refractivity (Wildman–Crippen MR) is 99.3 cm³/mol. The van der Waals surface area contributed by atoms with Gasteiger partial charge in [0.2, 0.25) is 0 Å². The van der Waals surface area contributed by atoms with Gasteiger partial charge in [-0.05, 0) is 48.2 Å². The highest BCUT2D eigenvalue weighted by atomic mass is 16.5. The fourth-order valence-corrected chi connectivity index (χ4v) is 2.57. The van der Waals surface area contributed by atoms with Crippen LogP contribution in [0.15, 0.2) is 48.5 Å². The second-order valence-corrected chi connectivity index (χ2v) is 5.46. The van der Waals surface area contributed by atoms with Crippen molar-refractivity contribution in [1.29, 1.82) is 5.26 Å². The van der Waals surface area contributed by atoms with Gasteiger partial charge in [-0.15, -0.1) is 0 Å². The molecule has 26 heavy (non-hydrogen) atoms.